The molecule has 0 aromatic heterocycles. The molecule has 0 aromatic carbocycles. The van der Waals surface area contributed by atoms with E-state index in [1.54, 1.807) is 0 Å². The van der Waals surface area contributed by atoms with Gasteiger partial charge in [-0.3, -0.25) is 4.79 Å². The molecule has 2 amide bonds. The van der Waals surface area contributed by atoms with E-state index < -0.39 is 0 Å². The number of amides is 2. The molecule has 5 heteroatoms. The van der Waals surface area contributed by atoms with E-state index >= 15 is 0 Å². The Morgan fingerprint density at radius 2 is 1.68 bits per heavy atom. The lowest BCUT2D eigenvalue weighted by atomic mass is 9.65. The predicted molar refractivity (Wildman–Crippen MR) is 101 cm³/mol. The molecule has 0 bridgehead atoms. The van der Waals surface area contributed by atoms with E-state index in [1.165, 1.54) is 0 Å². The summed E-state index contributed by atoms with van der Waals surface area (Å²) in [5, 5.41) is 3.04. The third kappa shape index (κ3) is 6.52. The zero-order valence-electron chi connectivity index (χ0n) is 16.9. The lowest BCUT2D eigenvalue weighted by molar-refractivity contribution is -0.127. The van der Waals surface area contributed by atoms with Crippen LogP contribution in [0.2, 0.25) is 0 Å². The van der Waals surface area contributed by atoms with E-state index in [1.807, 2.05) is 39.5 Å². The Morgan fingerprint density at radius 1 is 1.12 bits per heavy atom. The fraction of sp³-hybridized carbons (Fsp3) is 0.900. The number of hydrogen-bond donors (Lipinski definition) is 1. The Labute approximate surface area is 153 Å². The van der Waals surface area contributed by atoms with E-state index in [-0.39, 0.29) is 24.0 Å². The molecule has 1 spiro atoms. The fourth-order valence-electron chi connectivity index (χ4n) is 3.84. The highest BCUT2D eigenvalue weighted by Crippen LogP contribution is 2.46. The minimum Gasteiger partial charge on any atom is -0.449 e. The number of likely N-dealkylation sites (tertiary alicyclic amines) is 1. The summed E-state index contributed by atoms with van der Waals surface area (Å²) >= 11 is 0. The summed E-state index contributed by atoms with van der Waals surface area (Å²) in [6.07, 6.45) is 6.99. The van der Waals surface area contributed by atoms with Gasteiger partial charge in [-0.15, -0.1) is 0 Å². The Bertz CT molecular complexity index is 405. The topological polar surface area (TPSA) is 58.6 Å². The molecule has 1 heterocycles. The summed E-state index contributed by atoms with van der Waals surface area (Å²) in [5.41, 5.74) is 0.343. The lowest BCUT2D eigenvalue weighted by Gasteiger charge is -2.45. The number of rotatable bonds is 4. The van der Waals surface area contributed by atoms with Crippen LogP contribution in [-0.2, 0) is 9.53 Å². The molecule has 2 aliphatic rings. The molecule has 1 saturated carbocycles. The Hall–Kier alpha value is -1.26. The van der Waals surface area contributed by atoms with Crippen molar-refractivity contribution in [2.75, 3.05) is 19.7 Å². The van der Waals surface area contributed by atoms with Crippen molar-refractivity contribution < 1.29 is 14.3 Å². The van der Waals surface area contributed by atoms with Gasteiger partial charge in [0.05, 0.1) is 6.61 Å². The van der Waals surface area contributed by atoms with Crippen LogP contribution in [0, 0.1) is 11.3 Å². The first kappa shape index (κ1) is 21.8. The quantitative estimate of drug-likeness (QED) is 0.816. The average Bonchev–Trinajstić information content (AvgIpc) is 2.62. The highest BCUT2D eigenvalue weighted by Gasteiger charge is 2.40. The summed E-state index contributed by atoms with van der Waals surface area (Å²) in [6.45, 7) is 12.1. The number of carbonyl (C=O) groups is 2. The third-order valence-corrected chi connectivity index (χ3v) is 5.36. The van der Waals surface area contributed by atoms with Gasteiger partial charge in [-0.05, 0) is 64.2 Å². The van der Waals surface area contributed by atoms with Crippen molar-refractivity contribution in [3.63, 3.8) is 0 Å². The smallest absolute Gasteiger partial charge is 0.409 e. The van der Waals surface area contributed by atoms with E-state index in [2.05, 4.69) is 5.32 Å². The number of hydrogen-bond acceptors (Lipinski definition) is 3. The maximum atomic E-state index is 12.1. The highest BCUT2D eigenvalue weighted by molar-refractivity contribution is 5.79. The van der Waals surface area contributed by atoms with Gasteiger partial charge in [0, 0.05) is 25.0 Å². The number of ether oxygens (including phenoxy) is 1. The van der Waals surface area contributed by atoms with Crippen LogP contribution in [0.4, 0.5) is 4.79 Å². The molecule has 2 rings (SSSR count). The summed E-state index contributed by atoms with van der Waals surface area (Å²) in [7, 11) is 0. The normalized spacial score (nSPS) is 20.0. The minimum atomic E-state index is -0.160. The standard InChI is InChI=1S/C18H32N2O3.C2H6/c1-4-13-23-17(22)20-11-9-18(10-12-20)7-5-15(6-8-18)16(21)19-14(2)3;1-2/h14-15H,4-13H2,1-3H3,(H,19,21);1-2H3. The summed E-state index contributed by atoms with van der Waals surface area (Å²) in [5.74, 6) is 0.394. The zero-order chi connectivity index (χ0) is 18.9. The molecule has 0 radical (unpaired) electrons. The molecule has 0 unspecified atom stereocenters. The van der Waals surface area contributed by atoms with Crippen LogP contribution in [0.5, 0.6) is 0 Å². The van der Waals surface area contributed by atoms with E-state index in [0.29, 0.717) is 12.0 Å². The molecule has 146 valence electrons. The number of nitrogens with one attached hydrogen (secondary N) is 1. The van der Waals surface area contributed by atoms with Gasteiger partial charge >= 0.3 is 6.09 Å². The second-order valence-corrected chi connectivity index (χ2v) is 7.54. The number of nitrogens with zero attached hydrogens (tertiary/aromatic N) is 1. The fourth-order valence-corrected chi connectivity index (χ4v) is 3.84. The molecule has 5 nitrogen and oxygen atoms in total. The molecule has 0 aromatic rings. The van der Waals surface area contributed by atoms with Crippen molar-refractivity contribution in [2.45, 2.75) is 85.6 Å². The Morgan fingerprint density at radius 3 is 2.16 bits per heavy atom. The summed E-state index contributed by atoms with van der Waals surface area (Å²) < 4.78 is 5.23. The molecule has 1 N–H and O–H groups in total. The van der Waals surface area contributed by atoms with Crippen molar-refractivity contribution in [2.24, 2.45) is 11.3 Å². The van der Waals surface area contributed by atoms with Crippen molar-refractivity contribution in [1.29, 1.82) is 0 Å². The second kappa shape index (κ2) is 10.7. The molecular weight excluding hydrogens is 316 g/mol. The van der Waals surface area contributed by atoms with Gasteiger partial charge < -0.3 is 15.0 Å². The molecular formula is C20H38N2O3. The van der Waals surface area contributed by atoms with Crippen LogP contribution >= 0.6 is 0 Å². The van der Waals surface area contributed by atoms with E-state index in [9.17, 15) is 9.59 Å². The molecule has 2 fully saturated rings. The minimum absolute atomic E-state index is 0.160. The molecule has 0 atom stereocenters. The van der Waals surface area contributed by atoms with Gasteiger partial charge in [0.15, 0.2) is 0 Å². The van der Waals surface area contributed by atoms with Crippen LogP contribution in [0.15, 0.2) is 0 Å². The molecule has 25 heavy (non-hydrogen) atoms. The summed E-state index contributed by atoms with van der Waals surface area (Å²) in [4.78, 5) is 25.9. The molecule has 1 saturated heterocycles. The lowest BCUT2D eigenvalue weighted by Crippen LogP contribution is -2.46. The van der Waals surface area contributed by atoms with Crippen LogP contribution in [0.1, 0.15) is 79.6 Å². The third-order valence-electron chi connectivity index (χ3n) is 5.36. The second-order valence-electron chi connectivity index (χ2n) is 7.54. The van der Waals surface area contributed by atoms with Gasteiger partial charge in [-0.25, -0.2) is 4.79 Å². The highest BCUT2D eigenvalue weighted by atomic mass is 16.6. The van der Waals surface area contributed by atoms with Crippen molar-refractivity contribution in [3.8, 4) is 0 Å². The van der Waals surface area contributed by atoms with Gasteiger partial charge in [0.2, 0.25) is 5.91 Å². The van der Waals surface area contributed by atoms with Gasteiger partial charge in [-0.2, -0.15) is 0 Å². The zero-order valence-corrected chi connectivity index (χ0v) is 16.9. The van der Waals surface area contributed by atoms with Crippen molar-refractivity contribution in [1.82, 2.24) is 10.2 Å². The predicted octanol–water partition coefficient (Wildman–Crippen LogP) is 4.36. The van der Waals surface area contributed by atoms with Crippen molar-refractivity contribution >= 4 is 12.0 Å². The first-order valence-electron chi connectivity index (χ1n) is 10.2. The SMILES string of the molecule is CC.CCCOC(=O)N1CCC2(CCC(C(=O)NC(C)C)CC2)CC1. The van der Waals surface area contributed by atoms with Crippen molar-refractivity contribution in [3.05, 3.63) is 0 Å². The summed E-state index contributed by atoms with van der Waals surface area (Å²) in [6, 6.07) is 0.218. The largest absolute Gasteiger partial charge is 0.449 e. The monoisotopic (exact) mass is 354 g/mol. The van der Waals surface area contributed by atoms with Gasteiger partial charge in [-0.1, -0.05) is 20.8 Å². The van der Waals surface area contributed by atoms with Crippen LogP contribution in [0.25, 0.3) is 0 Å². The van der Waals surface area contributed by atoms with Gasteiger partial charge in [0.1, 0.15) is 0 Å². The van der Waals surface area contributed by atoms with Crippen LogP contribution < -0.4 is 5.32 Å². The van der Waals surface area contributed by atoms with Crippen LogP contribution in [0.3, 0.4) is 0 Å². The number of piperidine rings is 1. The van der Waals surface area contributed by atoms with Crippen LogP contribution in [-0.4, -0.2) is 42.6 Å². The van der Waals surface area contributed by atoms with E-state index in [0.717, 1.165) is 58.0 Å². The molecule has 1 aliphatic heterocycles. The maximum Gasteiger partial charge on any atom is 0.409 e. The van der Waals surface area contributed by atoms with Gasteiger partial charge in [0.25, 0.3) is 0 Å². The maximum absolute atomic E-state index is 12.1. The van der Waals surface area contributed by atoms with E-state index in [4.69, 9.17) is 4.74 Å². The Kier molecular flexibility index (Phi) is 9.30. The first-order chi connectivity index (χ1) is 12.0. The average molecular weight is 355 g/mol. The Balaban J connectivity index is 0.00000151. The number of carbonyl (C=O) groups excluding carboxylic acids is 2. The molecule has 1 aliphatic carbocycles. The first-order valence-corrected chi connectivity index (χ1v) is 10.2.